The lowest BCUT2D eigenvalue weighted by atomic mass is 9.86. The molecule has 0 amide bonds. The zero-order valence-corrected chi connectivity index (χ0v) is 14.5. The Morgan fingerprint density at radius 1 is 0.692 bits per heavy atom. The molecule has 0 unspecified atom stereocenters. The van der Waals surface area contributed by atoms with E-state index in [1.807, 2.05) is 54.6 Å². The number of hydrogen-bond acceptors (Lipinski definition) is 2. The van der Waals surface area contributed by atoms with Crippen LogP contribution in [0.2, 0.25) is 0 Å². The van der Waals surface area contributed by atoms with E-state index in [4.69, 9.17) is 0 Å². The average molecular weight is 346 g/mol. The van der Waals surface area contributed by atoms with Gasteiger partial charge in [-0.05, 0) is 47.2 Å². The number of aromatic carboxylic acids is 2. The van der Waals surface area contributed by atoms with E-state index in [2.05, 4.69) is 0 Å². The van der Waals surface area contributed by atoms with Crippen molar-refractivity contribution in [3.8, 4) is 22.3 Å². The highest BCUT2D eigenvalue weighted by Crippen LogP contribution is 2.37. The van der Waals surface area contributed by atoms with Crippen LogP contribution in [0.15, 0.2) is 60.7 Å². The highest BCUT2D eigenvalue weighted by atomic mass is 16.4. The Morgan fingerprint density at radius 3 is 1.81 bits per heavy atom. The maximum atomic E-state index is 12.0. The quantitative estimate of drug-likeness (QED) is 0.694. The van der Waals surface area contributed by atoms with Crippen molar-refractivity contribution < 1.29 is 19.8 Å². The second-order valence-electron chi connectivity index (χ2n) is 6.14. The molecule has 0 atom stereocenters. The van der Waals surface area contributed by atoms with Crippen molar-refractivity contribution in [1.29, 1.82) is 0 Å². The second kappa shape index (κ2) is 6.84. The van der Waals surface area contributed by atoms with Gasteiger partial charge in [0.1, 0.15) is 0 Å². The van der Waals surface area contributed by atoms with Crippen molar-refractivity contribution in [1.82, 2.24) is 0 Å². The number of aryl methyl sites for hydroxylation is 1. The van der Waals surface area contributed by atoms with Crippen LogP contribution in [-0.2, 0) is 0 Å². The fourth-order valence-corrected chi connectivity index (χ4v) is 3.21. The SMILES string of the molecule is Cc1cc(-c2ccccc2-c2ccccc2)c(C(=O)O)c(C(=O)O)c1C. The predicted octanol–water partition coefficient (Wildman–Crippen LogP) is 5.03. The molecule has 0 bridgehead atoms. The smallest absolute Gasteiger partial charge is 0.337 e. The largest absolute Gasteiger partial charge is 0.478 e. The van der Waals surface area contributed by atoms with Crippen molar-refractivity contribution in [3.63, 3.8) is 0 Å². The van der Waals surface area contributed by atoms with Crippen LogP contribution in [0.4, 0.5) is 0 Å². The van der Waals surface area contributed by atoms with E-state index in [1.165, 1.54) is 0 Å². The first-order valence-electron chi connectivity index (χ1n) is 8.17. The summed E-state index contributed by atoms with van der Waals surface area (Å²) < 4.78 is 0. The Labute approximate surface area is 151 Å². The van der Waals surface area contributed by atoms with E-state index in [0.717, 1.165) is 16.7 Å². The van der Waals surface area contributed by atoms with Gasteiger partial charge in [-0.2, -0.15) is 0 Å². The Morgan fingerprint density at radius 2 is 1.23 bits per heavy atom. The minimum Gasteiger partial charge on any atom is -0.478 e. The Balaban J connectivity index is 2.40. The molecule has 0 fully saturated rings. The molecule has 4 nitrogen and oxygen atoms in total. The number of rotatable bonds is 4. The standard InChI is InChI=1S/C22H18O4/c1-13-12-18(20(22(25)26)19(14(13)2)21(23)24)17-11-7-6-10-16(17)15-8-4-3-5-9-15/h3-12H,1-2H3,(H,23,24)(H,25,26). The Hall–Kier alpha value is -3.40. The first-order valence-corrected chi connectivity index (χ1v) is 8.17. The minimum absolute atomic E-state index is 0.157. The average Bonchev–Trinajstić information content (AvgIpc) is 2.63. The van der Waals surface area contributed by atoms with Gasteiger partial charge in [0.2, 0.25) is 0 Å². The highest BCUT2D eigenvalue weighted by molar-refractivity contribution is 6.09. The molecule has 0 heterocycles. The van der Waals surface area contributed by atoms with Gasteiger partial charge in [0, 0.05) is 0 Å². The molecular weight excluding hydrogens is 328 g/mol. The molecule has 3 rings (SSSR count). The third-order valence-electron chi connectivity index (χ3n) is 4.58. The van der Waals surface area contributed by atoms with Crippen LogP contribution in [0.3, 0.4) is 0 Å². The number of carboxylic acid groups (broad SMARTS) is 2. The fraction of sp³-hybridized carbons (Fsp3) is 0.0909. The molecule has 130 valence electrons. The number of carboxylic acids is 2. The van der Waals surface area contributed by atoms with Gasteiger partial charge in [-0.25, -0.2) is 9.59 Å². The van der Waals surface area contributed by atoms with Gasteiger partial charge in [0.25, 0.3) is 0 Å². The topological polar surface area (TPSA) is 74.6 Å². The van der Waals surface area contributed by atoms with Crippen molar-refractivity contribution in [2.75, 3.05) is 0 Å². The molecular formula is C22H18O4. The normalized spacial score (nSPS) is 10.5. The maximum absolute atomic E-state index is 12.0. The third-order valence-corrected chi connectivity index (χ3v) is 4.58. The number of benzene rings is 3. The van der Waals surface area contributed by atoms with E-state index in [1.54, 1.807) is 19.9 Å². The molecule has 0 spiro atoms. The van der Waals surface area contributed by atoms with Crippen LogP contribution in [0, 0.1) is 13.8 Å². The first-order chi connectivity index (χ1) is 12.4. The fourth-order valence-electron chi connectivity index (χ4n) is 3.21. The third kappa shape index (κ3) is 2.97. The van der Waals surface area contributed by atoms with Crippen molar-refractivity contribution in [3.05, 3.63) is 82.9 Å². The van der Waals surface area contributed by atoms with E-state index in [-0.39, 0.29) is 11.1 Å². The summed E-state index contributed by atoms with van der Waals surface area (Å²) in [6, 6.07) is 18.8. The lowest BCUT2D eigenvalue weighted by Gasteiger charge is -2.17. The van der Waals surface area contributed by atoms with E-state index >= 15 is 0 Å². The van der Waals surface area contributed by atoms with Gasteiger partial charge in [-0.15, -0.1) is 0 Å². The van der Waals surface area contributed by atoms with Crippen LogP contribution < -0.4 is 0 Å². The summed E-state index contributed by atoms with van der Waals surface area (Å²) in [5.74, 6) is -2.48. The van der Waals surface area contributed by atoms with Crippen LogP contribution >= 0.6 is 0 Å². The van der Waals surface area contributed by atoms with Gasteiger partial charge < -0.3 is 10.2 Å². The summed E-state index contributed by atoms with van der Waals surface area (Å²) in [5, 5.41) is 19.4. The van der Waals surface area contributed by atoms with Crippen molar-refractivity contribution >= 4 is 11.9 Å². The molecule has 2 N–H and O–H groups in total. The van der Waals surface area contributed by atoms with E-state index < -0.39 is 11.9 Å². The summed E-state index contributed by atoms with van der Waals surface area (Å²) in [7, 11) is 0. The molecule has 3 aromatic rings. The molecule has 4 heteroatoms. The molecule has 3 aromatic carbocycles. The van der Waals surface area contributed by atoms with Gasteiger partial charge in [-0.3, -0.25) is 0 Å². The van der Waals surface area contributed by atoms with Crippen LogP contribution in [0.5, 0.6) is 0 Å². The number of hydrogen-bond donors (Lipinski definition) is 2. The van der Waals surface area contributed by atoms with Crippen LogP contribution in [0.1, 0.15) is 31.8 Å². The predicted molar refractivity (Wildman–Crippen MR) is 101 cm³/mol. The van der Waals surface area contributed by atoms with Crippen molar-refractivity contribution in [2.45, 2.75) is 13.8 Å². The maximum Gasteiger partial charge on any atom is 0.337 e. The molecule has 0 aliphatic carbocycles. The summed E-state index contributed by atoms with van der Waals surface area (Å²) in [6.07, 6.45) is 0. The monoisotopic (exact) mass is 346 g/mol. The highest BCUT2D eigenvalue weighted by Gasteiger charge is 2.25. The number of carbonyl (C=O) groups is 2. The molecule has 26 heavy (non-hydrogen) atoms. The lowest BCUT2D eigenvalue weighted by Crippen LogP contribution is -2.13. The summed E-state index contributed by atoms with van der Waals surface area (Å²) in [5.41, 5.74) is 3.78. The zero-order valence-electron chi connectivity index (χ0n) is 14.5. The van der Waals surface area contributed by atoms with Crippen LogP contribution in [-0.4, -0.2) is 22.2 Å². The van der Waals surface area contributed by atoms with E-state index in [9.17, 15) is 19.8 Å². The molecule has 0 radical (unpaired) electrons. The Kier molecular flexibility index (Phi) is 4.59. The molecule has 0 aliphatic heterocycles. The molecule has 0 aliphatic rings. The Bertz CT molecular complexity index is 1000. The van der Waals surface area contributed by atoms with Crippen LogP contribution in [0.25, 0.3) is 22.3 Å². The first kappa shape index (κ1) is 17.4. The molecule has 0 saturated heterocycles. The second-order valence-corrected chi connectivity index (χ2v) is 6.14. The lowest BCUT2D eigenvalue weighted by molar-refractivity contribution is 0.0651. The molecule has 0 aromatic heterocycles. The van der Waals surface area contributed by atoms with Gasteiger partial charge in [-0.1, -0.05) is 60.7 Å². The molecule has 0 saturated carbocycles. The summed E-state index contributed by atoms with van der Waals surface area (Å²) in [6.45, 7) is 3.43. The minimum atomic E-state index is -1.25. The van der Waals surface area contributed by atoms with Gasteiger partial charge in [0.15, 0.2) is 0 Å². The zero-order chi connectivity index (χ0) is 18.8. The van der Waals surface area contributed by atoms with E-state index in [0.29, 0.717) is 16.7 Å². The van der Waals surface area contributed by atoms with Gasteiger partial charge >= 0.3 is 11.9 Å². The summed E-state index contributed by atoms with van der Waals surface area (Å²) in [4.78, 5) is 23.7. The van der Waals surface area contributed by atoms with Crippen molar-refractivity contribution in [2.24, 2.45) is 0 Å². The summed E-state index contributed by atoms with van der Waals surface area (Å²) >= 11 is 0. The van der Waals surface area contributed by atoms with Gasteiger partial charge in [0.05, 0.1) is 11.1 Å².